The molecule has 1 aliphatic rings. The van der Waals surface area contributed by atoms with E-state index in [-0.39, 0.29) is 24.7 Å². The van der Waals surface area contributed by atoms with E-state index in [2.05, 4.69) is 0 Å². The van der Waals surface area contributed by atoms with Crippen molar-refractivity contribution < 1.29 is 19.4 Å². The molecule has 0 radical (unpaired) electrons. The van der Waals surface area contributed by atoms with E-state index in [1.165, 1.54) is 0 Å². The second-order valence-corrected chi connectivity index (χ2v) is 5.10. The van der Waals surface area contributed by atoms with E-state index in [9.17, 15) is 4.79 Å². The van der Waals surface area contributed by atoms with E-state index < -0.39 is 5.60 Å². The standard InChI is InChI=1S/C11H21NO4/c1-11(2,3)16-10(14)12-5-8(6-12)9(7-13)15-4/h8-9,13H,5-7H2,1-4H3. The zero-order valence-corrected chi connectivity index (χ0v) is 10.4. The summed E-state index contributed by atoms with van der Waals surface area (Å²) in [6.45, 7) is 6.70. The molecule has 1 rings (SSSR count). The summed E-state index contributed by atoms with van der Waals surface area (Å²) in [4.78, 5) is 13.2. The smallest absolute Gasteiger partial charge is 0.410 e. The van der Waals surface area contributed by atoms with Crippen LogP contribution in [0.25, 0.3) is 0 Å². The fourth-order valence-corrected chi connectivity index (χ4v) is 1.64. The third-order valence-electron chi connectivity index (χ3n) is 2.57. The van der Waals surface area contributed by atoms with Crippen LogP contribution in [-0.4, -0.2) is 54.6 Å². The first-order valence-electron chi connectivity index (χ1n) is 5.49. The van der Waals surface area contributed by atoms with Crippen molar-refractivity contribution in [1.82, 2.24) is 4.90 Å². The molecule has 0 aliphatic carbocycles. The molecule has 0 spiro atoms. The molecule has 0 saturated carbocycles. The molecular weight excluding hydrogens is 210 g/mol. The lowest BCUT2D eigenvalue weighted by atomic mass is 9.94. The van der Waals surface area contributed by atoms with Crippen molar-refractivity contribution in [2.24, 2.45) is 5.92 Å². The van der Waals surface area contributed by atoms with Crippen molar-refractivity contribution in [3.8, 4) is 0 Å². The minimum absolute atomic E-state index is 0.0106. The quantitative estimate of drug-likeness (QED) is 0.782. The maximum Gasteiger partial charge on any atom is 0.410 e. The molecular formula is C11H21NO4. The first kappa shape index (κ1) is 13.3. The minimum Gasteiger partial charge on any atom is -0.444 e. The number of nitrogens with zero attached hydrogens (tertiary/aromatic N) is 1. The molecule has 0 aromatic carbocycles. The Labute approximate surface area is 96.3 Å². The van der Waals surface area contributed by atoms with Gasteiger partial charge in [-0.1, -0.05) is 0 Å². The first-order valence-corrected chi connectivity index (χ1v) is 5.49. The number of methoxy groups -OCH3 is 1. The van der Waals surface area contributed by atoms with Crippen LogP contribution in [0.5, 0.6) is 0 Å². The average Bonchev–Trinajstić information content (AvgIpc) is 2.06. The van der Waals surface area contributed by atoms with Gasteiger partial charge in [0.05, 0.1) is 12.7 Å². The number of hydrogen-bond acceptors (Lipinski definition) is 4. The van der Waals surface area contributed by atoms with Crippen LogP contribution in [0.4, 0.5) is 4.79 Å². The number of aliphatic hydroxyl groups is 1. The Morgan fingerprint density at radius 1 is 1.50 bits per heavy atom. The van der Waals surface area contributed by atoms with Gasteiger partial charge in [0.1, 0.15) is 5.60 Å². The van der Waals surface area contributed by atoms with E-state index in [0.717, 1.165) is 0 Å². The van der Waals surface area contributed by atoms with Gasteiger partial charge in [-0.25, -0.2) is 4.79 Å². The molecule has 5 heteroatoms. The van der Waals surface area contributed by atoms with E-state index in [1.54, 1.807) is 12.0 Å². The molecule has 1 unspecified atom stereocenters. The van der Waals surface area contributed by atoms with Gasteiger partial charge in [0.2, 0.25) is 0 Å². The molecule has 0 bridgehead atoms. The summed E-state index contributed by atoms with van der Waals surface area (Å²) in [7, 11) is 1.57. The second kappa shape index (κ2) is 5.01. The number of aliphatic hydroxyl groups excluding tert-OH is 1. The summed E-state index contributed by atoms with van der Waals surface area (Å²) in [6.07, 6.45) is -0.477. The molecule has 5 nitrogen and oxygen atoms in total. The molecule has 1 saturated heterocycles. The Morgan fingerprint density at radius 3 is 2.44 bits per heavy atom. The third-order valence-corrected chi connectivity index (χ3v) is 2.57. The molecule has 1 atom stereocenters. The lowest BCUT2D eigenvalue weighted by Crippen LogP contribution is -2.56. The average molecular weight is 231 g/mol. The Hall–Kier alpha value is -0.810. The normalized spacial score (nSPS) is 19.2. The molecule has 1 N–H and O–H groups in total. The second-order valence-electron chi connectivity index (χ2n) is 5.10. The van der Waals surface area contributed by atoms with E-state index in [1.807, 2.05) is 20.8 Å². The Balaban J connectivity index is 2.33. The zero-order valence-electron chi connectivity index (χ0n) is 10.4. The fraction of sp³-hybridized carbons (Fsp3) is 0.909. The van der Waals surface area contributed by atoms with Gasteiger partial charge in [0, 0.05) is 26.1 Å². The first-order chi connectivity index (χ1) is 7.37. The van der Waals surface area contributed by atoms with Gasteiger partial charge in [0.25, 0.3) is 0 Å². The number of likely N-dealkylation sites (tertiary alicyclic amines) is 1. The van der Waals surface area contributed by atoms with Gasteiger partial charge >= 0.3 is 6.09 Å². The third kappa shape index (κ3) is 3.35. The number of ether oxygens (including phenoxy) is 2. The van der Waals surface area contributed by atoms with Crippen molar-refractivity contribution >= 4 is 6.09 Å². The topological polar surface area (TPSA) is 59.0 Å². The van der Waals surface area contributed by atoms with Crippen LogP contribution < -0.4 is 0 Å². The van der Waals surface area contributed by atoms with E-state index >= 15 is 0 Å². The zero-order chi connectivity index (χ0) is 12.3. The molecule has 1 amide bonds. The number of rotatable bonds is 3. The van der Waals surface area contributed by atoms with Crippen molar-refractivity contribution in [2.75, 3.05) is 26.8 Å². The summed E-state index contributed by atoms with van der Waals surface area (Å²) < 4.78 is 10.3. The summed E-state index contributed by atoms with van der Waals surface area (Å²) in [5.41, 5.74) is -0.459. The Morgan fingerprint density at radius 2 is 2.06 bits per heavy atom. The summed E-state index contributed by atoms with van der Waals surface area (Å²) in [5, 5.41) is 9.01. The number of carbonyl (C=O) groups excluding carboxylic acids is 1. The number of amides is 1. The van der Waals surface area contributed by atoms with Crippen molar-refractivity contribution in [3.05, 3.63) is 0 Å². The minimum atomic E-state index is -0.459. The van der Waals surface area contributed by atoms with Gasteiger partial charge in [0.15, 0.2) is 0 Å². The summed E-state index contributed by atoms with van der Waals surface area (Å²) >= 11 is 0. The monoisotopic (exact) mass is 231 g/mol. The largest absolute Gasteiger partial charge is 0.444 e. The predicted octanol–water partition coefficient (Wildman–Crippen LogP) is 0.861. The summed E-state index contributed by atoms with van der Waals surface area (Å²) in [5.74, 6) is 0.211. The van der Waals surface area contributed by atoms with Crippen LogP contribution in [0, 0.1) is 5.92 Å². The van der Waals surface area contributed by atoms with Crippen LogP contribution in [0.3, 0.4) is 0 Å². The van der Waals surface area contributed by atoms with Gasteiger partial charge in [-0.05, 0) is 20.8 Å². The molecule has 16 heavy (non-hydrogen) atoms. The summed E-state index contributed by atoms with van der Waals surface area (Å²) in [6, 6.07) is 0. The van der Waals surface area contributed by atoms with Crippen molar-refractivity contribution in [1.29, 1.82) is 0 Å². The Bertz CT molecular complexity index is 239. The maximum absolute atomic E-state index is 11.6. The lowest BCUT2D eigenvalue weighted by Gasteiger charge is -2.42. The van der Waals surface area contributed by atoms with Crippen LogP contribution >= 0.6 is 0 Å². The molecule has 94 valence electrons. The highest BCUT2D eigenvalue weighted by Crippen LogP contribution is 2.23. The van der Waals surface area contributed by atoms with Gasteiger partial charge in [-0.2, -0.15) is 0 Å². The molecule has 0 aromatic rings. The van der Waals surface area contributed by atoms with Crippen molar-refractivity contribution in [2.45, 2.75) is 32.5 Å². The van der Waals surface area contributed by atoms with Gasteiger partial charge in [-0.15, -0.1) is 0 Å². The van der Waals surface area contributed by atoms with Gasteiger partial charge < -0.3 is 19.5 Å². The van der Waals surface area contributed by atoms with Crippen molar-refractivity contribution in [3.63, 3.8) is 0 Å². The lowest BCUT2D eigenvalue weighted by molar-refractivity contribution is -0.0601. The van der Waals surface area contributed by atoms with Gasteiger partial charge in [-0.3, -0.25) is 0 Å². The predicted molar refractivity (Wildman–Crippen MR) is 59.2 cm³/mol. The highest BCUT2D eigenvalue weighted by molar-refractivity contribution is 5.69. The fourth-order valence-electron chi connectivity index (χ4n) is 1.64. The highest BCUT2D eigenvalue weighted by Gasteiger charge is 2.37. The molecule has 1 heterocycles. The van der Waals surface area contributed by atoms with Crippen LogP contribution in [0.1, 0.15) is 20.8 Å². The van der Waals surface area contributed by atoms with Crippen LogP contribution in [0.2, 0.25) is 0 Å². The highest BCUT2D eigenvalue weighted by atomic mass is 16.6. The van der Waals surface area contributed by atoms with Crippen LogP contribution in [0.15, 0.2) is 0 Å². The number of hydrogen-bond donors (Lipinski definition) is 1. The van der Waals surface area contributed by atoms with Crippen LogP contribution in [-0.2, 0) is 9.47 Å². The van der Waals surface area contributed by atoms with E-state index in [0.29, 0.717) is 13.1 Å². The molecule has 1 fully saturated rings. The maximum atomic E-state index is 11.6. The van der Waals surface area contributed by atoms with E-state index in [4.69, 9.17) is 14.6 Å². The molecule has 1 aliphatic heterocycles. The number of carbonyl (C=O) groups is 1. The molecule has 0 aromatic heterocycles. The Kier molecular flexibility index (Phi) is 4.15. The SMILES string of the molecule is COC(CO)C1CN(C(=O)OC(C)(C)C)C1.